The Labute approximate surface area is 126 Å². The van der Waals surface area contributed by atoms with Crippen molar-refractivity contribution in [1.29, 1.82) is 0 Å². The molecule has 21 heavy (non-hydrogen) atoms. The summed E-state index contributed by atoms with van der Waals surface area (Å²) in [4.78, 5) is 24.3. The molecule has 0 unspecified atom stereocenters. The monoisotopic (exact) mass is 315 g/mol. The number of carboxylic acids is 1. The lowest BCUT2D eigenvalue weighted by atomic mass is 9.97. The maximum Gasteiger partial charge on any atom is 0.306 e. The van der Waals surface area contributed by atoms with Gasteiger partial charge >= 0.3 is 5.97 Å². The van der Waals surface area contributed by atoms with Gasteiger partial charge < -0.3 is 14.7 Å². The van der Waals surface area contributed by atoms with Gasteiger partial charge in [0.25, 0.3) is 5.91 Å². The number of hydrogen-bond acceptors (Lipinski definition) is 3. The van der Waals surface area contributed by atoms with E-state index in [4.69, 9.17) is 21.4 Å². The van der Waals surface area contributed by atoms with Crippen molar-refractivity contribution < 1.29 is 23.8 Å². The summed E-state index contributed by atoms with van der Waals surface area (Å²) in [5.74, 6) is -2.32. The SMILES string of the molecule is O=C(O)C1CCN(C(=O)COc2c(F)cccc2Cl)CC1. The van der Waals surface area contributed by atoms with E-state index >= 15 is 0 Å². The van der Waals surface area contributed by atoms with Crippen molar-refractivity contribution in [3.8, 4) is 5.75 Å². The predicted molar refractivity (Wildman–Crippen MR) is 73.8 cm³/mol. The van der Waals surface area contributed by atoms with Crippen LogP contribution >= 0.6 is 11.6 Å². The number of amides is 1. The number of hydrogen-bond donors (Lipinski definition) is 1. The van der Waals surface area contributed by atoms with E-state index < -0.39 is 17.7 Å². The van der Waals surface area contributed by atoms with Crippen LogP contribution in [0.5, 0.6) is 5.75 Å². The zero-order chi connectivity index (χ0) is 15.4. The summed E-state index contributed by atoms with van der Waals surface area (Å²) in [5, 5.41) is 9.00. The summed E-state index contributed by atoms with van der Waals surface area (Å²) < 4.78 is 18.6. The van der Waals surface area contributed by atoms with Crippen LogP contribution in [0.15, 0.2) is 18.2 Å². The van der Waals surface area contributed by atoms with Crippen molar-refractivity contribution in [2.75, 3.05) is 19.7 Å². The minimum Gasteiger partial charge on any atom is -0.481 e. The average molecular weight is 316 g/mol. The fourth-order valence-corrected chi connectivity index (χ4v) is 2.44. The van der Waals surface area contributed by atoms with Crippen LogP contribution in [-0.2, 0) is 9.59 Å². The number of likely N-dealkylation sites (tertiary alicyclic amines) is 1. The van der Waals surface area contributed by atoms with Crippen LogP contribution in [0.1, 0.15) is 12.8 Å². The highest BCUT2D eigenvalue weighted by Crippen LogP contribution is 2.27. The van der Waals surface area contributed by atoms with Gasteiger partial charge in [-0.3, -0.25) is 9.59 Å². The van der Waals surface area contributed by atoms with Crippen LogP contribution in [0.4, 0.5) is 4.39 Å². The maximum absolute atomic E-state index is 13.5. The second kappa shape index (κ2) is 6.76. The molecule has 7 heteroatoms. The first-order valence-corrected chi connectivity index (χ1v) is 6.94. The largest absolute Gasteiger partial charge is 0.481 e. The molecule has 1 saturated heterocycles. The van der Waals surface area contributed by atoms with E-state index in [0.29, 0.717) is 25.9 Å². The number of aliphatic carboxylic acids is 1. The van der Waals surface area contributed by atoms with Crippen molar-refractivity contribution in [1.82, 2.24) is 4.90 Å². The number of carbonyl (C=O) groups excluding carboxylic acids is 1. The van der Waals surface area contributed by atoms with Crippen LogP contribution < -0.4 is 4.74 Å². The molecule has 1 heterocycles. The van der Waals surface area contributed by atoms with Gasteiger partial charge in [-0.05, 0) is 25.0 Å². The van der Waals surface area contributed by atoms with E-state index in [2.05, 4.69) is 0 Å². The Balaban J connectivity index is 1.87. The summed E-state index contributed by atoms with van der Waals surface area (Å²) in [6, 6.07) is 4.12. The molecule has 1 aliphatic heterocycles. The first-order chi connectivity index (χ1) is 9.99. The Hall–Kier alpha value is -1.82. The topological polar surface area (TPSA) is 66.8 Å². The van der Waals surface area contributed by atoms with Crippen molar-refractivity contribution in [2.24, 2.45) is 5.92 Å². The second-order valence-corrected chi connectivity index (χ2v) is 5.24. The lowest BCUT2D eigenvalue weighted by Crippen LogP contribution is -2.42. The zero-order valence-electron chi connectivity index (χ0n) is 11.2. The van der Waals surface area contributed by atoms with E-state index in [1.54, 1.807) is 0 Å². The van der Waals surface area contributed by atoms with Gasteiger partial charge in [-0.2, -0.15) is 0 Å². The third-order valence-corrected chi connectivity index (χ3v) is 3.75. The van der Waals surface area contributed by atoms with Crippen LogP contribution in [0.25, 0.3) is 0 Å². The Bertz CT molecular complexity index is 524. The van der Waals surface area contributed by atoms with Crippen molar-refractivity contribution in [2.45, 2.75) is 12.8 Å². The molecule has 1 amide bonds. The Morgan fingerprint density at radius 3 is 2.62 bits per heavy atom. The van der Waals surface area contributed by atoms with E-state index in [0.717, 1.165) is 0 Å². The molecule has 114 valence electrons. The molecule has 0 bridgehead atoms. The summed E-state index contributed by atoms with van der Waals surface area (Å²) in [5.41, 5.74) is 0. The molecular weight excluding hydrogens is 301 g/mol. The van der Waals surface area contributed by atoms with Crippen LogP contribution in [0, 0.1) is 11.7 Å². The summed E-state index contributed by atoms with van der Waals surface area (Å²) in [6.07, 6.45) is 0.836. The molecule has 1 N–H and O–H groups in total. The molecule has 2 rings (SSSR count). The Kier molecular flexibility index (Phi) is 5.01. The molecule has 0 aliphatic carbocycles. The summed E-state index contributed by atoms with van der Waals surface area (Å²) in [7, 11) is 0. The van der Waals surface area contributed by atoms with Crippen molar-refractivity contribution in [3.05, 3.63) is 29.0 Å². The average Bonchev–Trinajstić information content (AvgIpc) is 2.46. The van der Waals surface area contributed by atoms with Gasteiger partial charge in [0.2, 0.25) is 0 Å². The molecule has 0 spiro atoms. The molecule has 0 atom stereocenters. The number of rotatable bonds is 4. The molecule has 0 aromatic heterocycles. The Morgan fingerprint density at radius 1 is 1.38 bits per heavy atom. The van der Waals surface area contributed by atoms with Gasteiger partial charge in [0.15, 0.2) is 18.2 Å². The number of carboxylic acid groups (broad SMARTS) is 1. The van der Waals surface area contributed by atoms with Crippen LogP contribution in [0.3, 0.4) is 0 Å². The van der Waals surface area contributed by atoms with E-state index in [1.807, 2.05) is 0 Å². The standard InChI is InChI=1S/C14H15ClFNO4/c15-10-2-1-3-11(16)13(10)21-8-12(18)17-6-4-9(5-7-17)14(19)20/h1-3,9H,4-8H2,(H,19,20). The number of piperidine rings is 1. The lowest BCUT2D eigenvalue weighted by Gasteiger charge is -2.30. The van der Waals surface area contributed by atoms with Gasteiger partial charge in [0, 0.05) is 13.1 Å². The van der Waals surface area contributed by atoms with Gasteiger partial charge in [0.05, 0.1) is 10.9 Å². The lowest BCUT2D eigenvalue weighted by molar-refractivity contribution is -0.146. The highest BCUT2D eigenvalue weighted by Gasteiger charge is 2.27. The highest BCUT2D eigenvalue weighted by molar-refractivity contribution is 6.32. The third-order valence-electron chi connectivity index (χ3n) is 3.46. The first-order valence-electron chi connectivity index (χ1n) is 6.56. The summed E-state index contributed by atoms with van der Waals surface area (Å²) in [6.45, 7) is 0.409. The van der Waals surface area contributed by atoms with Crippen LogP contribution in [0.2, 0.25) is 5.02 Å². The number of benzene rings is 1. The number of para-hydroxylation sites is 1. The van der Waals surface area contributed by atoms with E-state index in [-0.39, 0.29) is 23.3 Å². The first kappa shape index (κ1) is 15.6. The minimum atomic E-state index is -0.837. The fraction of sp³-hybridized carbons (Fsp3) is 0.429. The highest BCUT2D eigenvalue weighted by atomic mass is 35.5. The van der Waals surface area contributed by atoms with Gasteiger partial charge in [-0.15, -0.1) is 0 Å². The molecule has 0 saturated carbocycles. The predicted octanol–water partition coefficient (Wildman–Crippen LogP) is 2.18. The second-order valence-electron chi connectivity index (χ2n) is 4.83. The van der Waals surface area contributed by atoms with Crippen molar-refractivity contribution in [3.63, 3.8) is 0 Å². The van der Waals surface area contributed by atoms with E-state index in [9.17, 15) is 14.0 Å². The molecule has 1 aromatic carbocycles. The quantitative estimate of drug-likeness (QED) is 0.925. The molecular formula is C14H15ClFNO4. The van der Waals surface area contributed by atoms with Gasteiger partial charge in [0.1, 0.15) is 0 Å². The fourth-order valence-electron chi connectivity index (χ4n) is 2.22. The number of nitrogens with zero attached hydrogens (tertiary/aromatic N) is 1. The molecule has 1 aromatic rings. The van der Waals surface area contributed by atoms with Gasteiger partial charge in [-0.25, -0.2) is 4.39 Å². The molecule has 5 nitrogen and oxygen atoms in total. The van der Waals surface area contributed by atoms with Crippen molar-refractivity contribution >= 4 is 23.5 Å². The number of ether oxygens (including phenoxy) is 1. The molecule has 1 aliphatic rings. The number of halogens is 2. The zero-order valence-corrected chi connectivity index (χ0v) is 12.0. The smallest absolute Gasteiger partial charge is 0.306 e. The minimum absolute atomic E-state index is 0.104. The normalized spacial score (nSPS) is 15.8. The molecule has 0 radical (unpaired) electrons. The summed E-state index contributed by atoms with van der Waals surface area (Å²) >= 11 is 5.80. The Morgan fingerprint density at radius 2 is 2.05 bits per heavy atom. The number of carbonyl (C=O) groups is 2. The molecule has 1 fully saturated rings. The van der Waals surface area contributed by atoms with Gasteiger partial charge in [-0.1, -0.05) is 17.7 Å². The van der Waals surface area contributed by atoms with E-state index in [1.165, 1.54) is 23.1 Å². The third kappa shape index (κ3) is 3.85. The van der Waals surface area contributed by atoms with Crippen LogP contribution in [-0.4, -0.2) is 41.6 Å². The maximum atomic E-state index is 13.5.